The zero-order chi connectivity index (χ0) is 14.2. The van der Waals surface area contributed by atoms with Gasteiger partial charge in [0.05, 0.1) is 11.1 Å². The monoisotopic (exact) mass is 274 g/mol. The average Bonchev–Trinajstić information content (AvgIpc) is 2.14. The number of sulfonamides is 1. The van der Waals surface area contributed by atoms with Gasteiger partial charge in [-0.3, -0.25) is 4.79 Å². The summed E-state index contributed by atoms with van der Waals surface area (Å²) in [6.45, 7) is 6.07. The van der Waals surface area contributed by atoms with Crippen LogP contribution >= 0.6 is 0 Å². The highest BCUT2D eigenvalue weighted by molar-refractivity contribution is 7.89. The molecular weight excluding hydrogens is 256 g/mol. The second-order valence-corrected chi connectivity index (χ2v) is 6.81. The number of hydrogen-bond donors (Lipinski definition) is 3. The highest BCUT2D eigenvalue weighted by Gasteiger charge is 2.39. The second-order valence-electron chi connectivity index (χ2n) is 5.16. The molecule has 0 amide bonds. The molecule has 3 N–H and O–H groups in total. The fraction of sp³-hybridized carbons (Fsp3) is 0.545. The van der Waals surface area contributed by atoms with E-state index in [4.69, 9.17) is 0 Å². The van der Waals surface area contributed by atoms with E-state index >= 15 is 0 Å². The Morgan fingerprint density at radius 1 is 1.28 bits per heavy atom. The van der Waals surface area contributed by atoms with Crippen LogP contribution in [0.1, 0.15) is 27.7 Å². The number of pyridine rings is 1. The van der Waals surface area contributed by atoms with E-state index in [9.17, 15) is 18.3 Å². The molecule has 1 aromatic rings. The molecule has 0 saturated heterocycles. The second kappa shape index (κ2) is 4.49. The fourth-order valence-corrected chi connectivity index (χ4v) is 2.71. The van der Waals surface area contributed by atoms with E-state index in [1.165, 1.54) is 20.0 Å². The van der Waals surface area contributed by atoms with Crippen molar-refractivity contribution >= 4 is 10.0 Å². The maximum absolute atomic E-state index is 12.1. The smallest absolute Gasteiger partial charge is 0.246 e. The van der Waals surface area contributed by atoms with Crippen molar-refractivity contribution in [2.45, 2.75) is 43.7 Å². The van der Waals surface area contributed by atoms with Gasteiger partial charge >= 0.3 is 0 Å². The first kappa shape index (κ1) is 14.9. The Kier molecular flexibility index (Phi) is 3.71. The summed E-state index contributed by atoms with van der Waals surface area (Å²) in [4.78, 5) is 13.7. The maximum Gasteiger partial charge on any atom is 0.246 e. The van der Waals surface area contributed by atoms with Crippen molar-refractivity contribution in [3.63, 3.8) is 0 Å². The maximum atomic E-state index is 12.1. The van der Waals surface area contributed by atoms with Crippen LogP contribution in [-0.2, 0) is 10.0 Å². The summed E-state index contributed by atoms with van der Waals surface area (Å²) < 4.78 is 26.5. The van der Waals surface area contributed by atoms with Gasteiger partial charge in [0.1, 0.15) is 4.90 Å². The van der Waals surface area contributed by atoms with E-state index in [0.717, 1.165) is 12.3 Å². The summed E-state index contributed by atoms with van der Waals surface area (Å²) in [5.74, 6) is 0. The standard InChI is InChI=1S/C11H18N2O4S/c1-10(2,11(3,4)15)13-18(16,17)9-7-12-6-5-8(9)14/h5-7,13,15H,1-4H3,(H,12,14). The lowest BCUT2D eigenvalue weighted by Gasteiger charge is -2.37. The zero-order valence-corrected chi connectivity index (χ0v) is 11.6. The topological polar surface area (TPSA) is 99.3 Å². The number of H-pyrrole nitrogens is 1. The van der Waals surface area contributed by atoms with Gasteiger partial charge < -0.3 is 10.1 Å². The first-order chi connectivity index (χ1) is 7.97. The molecule has 0 aliphatic heterocycles. The van der Waals surface area contributed by atoms with E-state index in [1.54, 1.807) is 13.8 Å². The molecule has 102 valence electrons. The summed E-state index contributed by atoms with van der Waals surface area (Å²) in [5.41, 5.74) is -3.00. The fourth-order valence-electron chi connectivity index (χ4n) is 1.13. The van der Waals surface area contributed by atoms with Crippen LogP contribution in [0.25, 0.3) is 0 Å². The highest BCUT2D eigenvalue weighted by Crippen LogP contribution is 2.22. The van der Waals surface area contributed by atoms with Crippen molar-refractivity contribution < 1.29 is 13.5 Å². The first-order valence-corrected chi connectivity index (χ1v) is 6.89. The number of hydrogen-bond acceptors (Lipinski definition) is 4. The largest absolute Gasteiger partial charge is 0.389 e. The molecule has 1 rings (SSSR count). The van der Waals surface area contributed by atoms with Crippen LogP contribution in [0.15, 0.2) is 28.2 Å². The van der Waals surface area contributed by atoms with Crippen LogP contribution in [0.5, 0.6) is 0 Å². The van der Waals surface area contributed by atoms with Crippen molar-refractivity contribution in [2.75, 3.05) is 0 Å². The first-order valence-electron chi connectivity index (χ1n) is 5.41. The molecule has 0 spiro atoms. The third-order valence-corrected chi connectivity index (χ3v) is 4.67. The molecule has 0 aliphatic rings. The van der Waals surface area contributed by atoms with E-state index in [1.807, 2.05) is 0 Å². The van der Waals surface area contributed by atoms with Crippen molar-refractivity contribution in [1.29, 1.82) is 0 Å². The highest BCUT2D eigenvalue weighted by atomic mass is 32.2. The van der Waals surface area contributed by atoms with Gasteiger partial charge in [-0.25, -0.2) is 13.1 Å². The van der Waals surface area contributed by atoms with Gasteiger partial charge in [0, 0.05) is 18.5 Å². The molecule has 0 saturated carbocycles. The zero-order valence-electron chi connectivity index (χ0n) is 10.8. The van der Waals surface area contributed by atoms with E-state index in [2.05, 4.69) is 9.71 Å². The molecule has 0 aromatic carbocycles. The number of aromatic amines is 1. The van der Waals surface area contributed by atoms with Crippen molar-refractivity contribution in [1.82, 2.24) is 9.71 Å². The quantitative estimate of drug-likeness (QED) is 0.730. The lowest BCUT2D eigenvalue weighted by Crippen LogP contribution is -2.57. The summed E-state index contributed by atoms with van der Waals surface area (Å²) in [6.07, 6.45) is 2.47. The third kappa shape index (κ3) is 2.98. The van der Waals surface area contributed by atoms with Crippen LogP contribution < -0.4 is 10.2 Å². The summed E-state index contributed by atoms with van der Waals surface area (Å²) >= 11 is 0. The Balaban J connectivity index is 3.20. The van der Waals surface area contributed by atoms with Crippen LogP contribution in [0.3, 0.4) is 0 Å². The molecule has 1 aromatic heterocycles. The molecule has 6 nitrogen and oxygen atoms in total. The van der Waals surface area contributed by atoms with E-state index < -0.39 is 26.6 Å². The molecule has 0 radical (unpaired) electrons. The molecule has 7 heteroatoms. The molecule has 0 unspecified atom stereocenters. The Bertz CT molecular complexity index is 582. The molecule has 18 heavy (non-hydrogen) atoms. The van der Waals surface area contributed by atoms with Crippen LogP contribution in [0, 0.1) is 0 Å². The normalized spacial score (nSPS) is 13.6. The molecule has 0 fully saturated rings. The van der Waals surface area contributed by atoms with Gasteiger partial charge in [0.2, 0.25) is 15.5 Å². The van der Waals surface area contributed by atoms with Crippen molar-refractivity contribution in [3.8, 4) is 0 Å². The van der Waals surface area contributed by atoms with Gasteiger partial charge in [-0.15, -0.1) is 0 Å². The molecule has 0 bridgehead atoms. The number of aliphatic hydroxyl groups is 1. The number of aromatic nitrogens is 1. The van der Waals surface area contributed by atoms with Gasteiger partial charge in [-0.1, -0.05) is 0 Å². The van der Waals surface area contributed by atoms with Crippen LogP contribution in [-0.4, -0.2) is 29.6 Å². The van der Waals surface area contributed by atoms with Gasteiger partial charge in [0.15, 0.2) is 0 Å². The minimum atomic E-state index is -3.99. The summed E-state index contributed by atoms with van der Waals surface area (Å²) in [7, 11) is -3.99. The van der Waals surface area contributed by atoms with Gasteiger partial charge in [0.25, 0.3) is 0 Å². The number of nitrogens with one attached hydrogen (secondary N) is 2. The Hall–Kier alpha value is -1.18. The lowest BCUT2D eigenvalue weighted by molar-refractivity contribution is 0.00638. The molecular formula is C11H18N2O4S. The van der Waals surface area contributed by atoms with E-state index in [-0.39, 0.29) is 4.90 Å². The minimum Gasteiger partial charge on any atom is -0.389 e. The average molecular weight is 274 g/mol. The minimum absolute atomic E-state index is 0.373. The SMILES string of the molecule is CC(C)(O)C(C)(C)NS(=O)(=O)c1c[nH]ccc1=O. The number of rotatable bonds is 4. The van der Waals surface area contributed by atoms with Gasteiger partial charge in [-0.2, -0.15) is 0 Å². The van der Waals surface area contributed by atoms with Crippen molar-refractivity contribution in [2.24, 2.45) is 0 Å². The Morgan fingerprint density at radius 2 is 1.83 bits per heavy atom. The van der Waals surface area contributed by atoms with Gasteiger partial charge in [-0.05, 0) is 27.7 Å². The molecule has 0 aliphatic carbocycles. The Labute approximate surface area is 106 Å². The molecule has 1 heterocycles. The summed E-state index contributed by atoms with van der Waals surface area (Å²) in [6, 6.07) is 1.13. The predicted molar refractivity (Wildman–Crippen MR) is 67.8 cm³/mol. The lowest BCUT2D eigenvalue weighted by atomic mass is 9.87. The van der Waals surface area contributed by atoms with Crippen LogP contribution in [0.4, 0.5) is 0 Å². The van der Waals surface area contributed by atoms with E-state index in [0.29, 0.717) is 0 Å². The predicted octanol–water partition coefficient (Wildman–Crippen LogP) is 0.203. The third-order valence-electron chi connectivity index (χ3n) is 3.00. The summed E-state index contributed by atoms with van der Waals surface area (Å²) in [5, 5.41) is 9.91. The van der Waals surface area contributed by atoms with Crippen molar-refractivity contribution in [3.05, 3.63) is 28.7 Å². The Morgan fingerprint density at radius 3 is 2.28 bits per heavy atom. The van der Waals surface area contributed by atoms with Crippen LogP contribution in [0.2, 0.25) is 0 Å². The molecule has 0 atom stereocenters.